The lowest BCUT2D eigenvalue weighted by atomic mass is 10.1. The van der Waals surface area contributed by atoms with Gasteiger partial charge in [0.1, 0.15) is 5.76 Å². The van der Waals surface area contributed by atoms with Crippen molar-refractivity contribution >= 4 is 12.1 Å². The Bertz CT molecular complexity index is 667. The van der Waals surface area contributed by atoms with Gasteiger partial charge in [-0.15, -0.1) is 0 Å². The van der Waals surface area contributed by atoms with E-state index in [9.17, 15) is 4.79 Å². The molecule has 9 nitrogen and oxygen atoms in total. The number of hydrogen-bond donors (Lipinski definition) is 2. The van der Waals surface area contributed by atoms with Gasteiger partial charge in [-0.3, -0.25) is 4.99 Å². The van der Waals surface area contributed by atoms with E-state index in [-0.39, 0.29) is 24.3 Å². The Morgan fingerprint density at radius 2 is 2.19 bits per heavy atom. The Balaban J connectivity index is 1.49. The fourth-order valence-electron chi connectivity index (χ4n) is 3.68. The molecule has 0 saturated carbocycles. The molecular formula is C22H36N4O5. The Morgan fingerprint density at radius 1 is 1.35 bits per heavy atom. The van der Waals surface area contributed by atoms with Gasteiger partial charge in [-0.05, 0) is 45.2 Å². The number of aliphatic imine (C=N–C) groups is 1. The maximum atomic E-state index is 11.9. The van der Waals surface area contributed by atoms with E-state index in [0.29, 0.717) is 39.5 Å². The van der Waals surface area contributed by atoms with Gasteiger partial charge in [0, 0.05) is 44.7 Å². The molecule has 2 aliphatic heterocycles. The Labute approximate surface area is 184 Å². The van der Waals surface area contributed by atoms with E-state index in [1.807, 2.05) is 19.1 Å². The molecule has 0 aliphatic carbocycles. The van der Waals surface area contributed by atoms with Gasteiger partial charge in [0.15, 0.2) is 5.96 Å². The smallest absolute Gasteiger partial charge is 0.409 e. The highest BCUT2D eigenvalue weighted by atomic mass is 16.6. The second kappa shape index (κ2) is 12.6. The van der Waals surface area contributed by atoms with Crippen LogP contribution in [0.15, 0.2) is 27.8 Å². The molecule has 2 N–H and O–H groups in total. The Kier molecular flexibility index (Phi) is 9.48. The fourth-order valence-corrected chi connectivity index (χ4v) is 3.68. The monoisotopic (exact) mass is 436 g/mol. The summed E-state index contributed by atoms with van der Waals surface area (Å²) in [5, 5.41) is 7.00. The van der Waals surface area contributed by atoms with Crippen LogP contribution in [0.1, 0.15) is 38.9 Å². The van der Waals surface area contributed by atoms with Crippen molar-refractivity contribution in [2.75, 3.05) is 46.1 Å². The zero-order valence-electron chi connectivity index (χ0n) is 18.7. The summed E-state index contributed by atoms with van der Waals surface area (Å²) in [5.74, 6) is 1.68. The van der Waals surface area contributed by atoms with E-state index >= 15 is 0 Å². The molecule has 1 aromatic heterocycles. The van der Waals surface area contributed by atoms with E-state index in [1.165, 1.54) is 0 Å². The SMILES string of the molecule is CCOC(=O)N1CCC(NC(=NCCc2ccco2)NC(C)COC2CCOC2)CC1. The molecule has 3 heterocycles. The maximum Gasteiger partial charge on any atom is 0.409 e. The molecule has 1 aromatic rings. The molecule has 0 radical (unpaired) electrons. The van der Waals surface area contributed by atoms with Crippen LogP contribution in [0.4, 0.5) is 4.79 Å². The standard InChI is InChI=1S/C22H36N4O5/c1-3-29-22(27)26-11-7-18(8-12-26)25-21(23-10-6-19-5-4-13-30-19)24-17(2)15-31-20-9-14-28-16-20/h4-5,13,17-18,20H,3,6-12,14-16H2,1-2H3,(H2,23,24,25). The topological polar surface area (TPSA) is 97.6 Å². The minimum Gasteiger partial charge on any atom is -0.469 e. The maximum absolute atomic E-state index is 11.9. The number of nitrogens with zero attached hydrogens (tertiary/aromatic N) is 2. The highest BCUT2D eigenvalue weighted by Crippen LogP contribution is 2.12. The number of carbonyl (C=O) groups is 1. The summed E-state index contributed by atoms with van der Waals surface area (Å²) in [4.78, 5) is 18.4. The number of furan rings is 1. The molecule has 2 aliphatic rings. The summed E-state index contributed by atoms with van der Waals surface area (Å²) < 4.78 is 21.8. The van der Waals surface area contributed by atoms with Crippen molar-refractivity contribution in [2.24, 2.45) is 4.99 Å². The predicted octanol–water partition coefficient (Wildman–Crippen LogP) is 2.17. The number of amides is 1. The third kappa shape index (κ3) is 8.06. The first-order chi connectivity index (χ1) is 15.1. The van der Waals surface area contributed by atoms with Crippen molar-refractivity contribution in [1.29, 1.82) is 0 Å². The summed E-state index contributed by atoms with van der Waals surface area (Å²) in [6, 6.07) is 4.20. The highest BCUT2D eigenvalue weighted by Gasteiger charge is 2.24. The molecule has 3 rings (SSSR count). The first-order valence-electron chi connectivity index (χ1n) is 11.3. The zero-order valence-corrected chi connectivity index (χ0v) is 18.7. The van der Waals surface area contributed by atoms with Crippen LogP contribution < -0.4 is 10.6 Å². The van der Waals surface area contributed by atoms with Crippen LogP contribution in [-0.4, -0.2) is 81.2 Å². The van der Waals surface area contributed by atoms with E-state index < -0.39 is 0 Å². The van der Waals surface area contributed by atoms with Crippen molar-refractivity contribution in [3.8, 4) is 0 Å². The van der Waals surface area contributed by atoms with Gasteiger partial charge < -0.3 is 34.2 Å². The molecule has 2 unspecified atom stereocenters. The van der Waals surface area contributed by atoms with Crippen LogP contribution in [0, 0.1) is 0 Å². The average Bonchev–Trinajstić information content (AvgIpc) is 3.47. The molecule has 9 heteroatoms. The van der Waals surface area contributed by atoms with Crippen molar-refractivity contribution in [3.05, 3.63) is 24.2 Å². The van der Waals surface area contributed by atoms with Gasteiger partial charge in [0.05, 0.1) is 32.2 Å². The van der Waals surface area contributed by atoms with Crippen molar-refractivity contribution in [1.82, 2.24) is 15.5 Å². The van der Waals surface area contributed by atoms with E-state index in [2.05, 4.69) is 17.6 Å². The van der Waals surface area contributed by atoms with Crippen LogP contribution in [0.3, 0.4) is 0 Å². The molecular weight excluding hydrogens is 400 g/mol. The summed E-state index contributed by atoms with van der Waals surface area (Å²) in [6.07, 6.45) is 5.03. The van der Waals surface area contributed by atoms with Crippen molar-refractivity contribution in [3.63, 3.8) is 0 Å². The predicted molar refractivity (Wildman–Crippen MR) is 117 cm³/mol. The molecule has 2 saturated heterocycles. The van der Waals surface area contributed by atoms with Gasteiger partial charge in [0.2, 0.25) is 0 Å². The number of guanidine groups is 1. The number of nitrogens with one attached hydrogen (secondary N) is 2. The lowest BCUT2D eigenvalue weighted by Gasteiger charge is -2.33. The van der Waals surface area contributed by atoms with E-state index in [1.54, 1.807) is 11.2 Å². The van der Waals surface area contributed by atoms with Crippen LogP contribution in [0.25, 0.3) is 0 Å². The first kappa shape index (κ1) is 23.4. The van der Waals surface area contributed by atoms with Crippen molar-refractivity contribution < 1.29 is 23.4 Å². The quantitative estimate of drug-likeness (QED) is 0.452. The highest BCUT2D eigenvalue weighted by molar-refractivity contribution is 5.80. The van der Waals surface area contributed by atoms with Gasteiger partial charge in [-0.2, -0.15) is 0 Å². The van der Waals surface area contributed by atoms with Gasteiger partial charge in [-0.1, -0.05) is 0 Å². The summed E-state index contributed by atoms with van der Waals surface area (Å²) in [6.45, 7) is 8.33. The lowest BCUT2D eigenvalue weighted by molar-refractivity contribution is 0.0347. The van der Waals surface area contributed by atoms with Gasteiger partial charge >= 0.3 is 6.09 Å². The number of likely N-dealkylation sites (tertiary alicyclic amines) is 1. The fraction of sp³-hybridized carbons (Fsp3) is 0.727. The van der Waals surface area contributed by atoms with E-state index in [0.717, 1.165) is 44.0 Å². The third-order valence-corrected chi connectivity index (χ3v) is 5.42. The third-order valence-electron chi connectivity index (χ3n) is 5.42. The van der Waals surface area contributed by atoms with Gasteiger partial charge in [0.25, 0.3) is 0 Å². The molecule has 31 heavy (non-hydrogen) atoms. The normalized spacial score (nSPS) is 21.2. The first-order valence-corrected chi connectivity index (χ1v) is 11.3. The molecule has 174 valence electrons. The van der Waals surface area contributed by atoms with Crippen LogP contribution >= 0.6 is 0 Å². The summed E-state index contributed by atoms with van der Waals surface area (Å²) >= 11 is 0. The minimum atomic E-state index is -0.229. The number of rotatable bonds is 9. The Hall–Kier alpha value is -2.26. The molecule has 0 aromatic carbocycles. The number of piperidine rings is 1. The molecule has 2 atom stereocenters. The zero-order chi connectivity index (χ0) is 21.9. The molecule has 0 spiro atoms. The number of ether oxygens (including phenoxy) is 3. The Morgan fingerprint density at radius 3 is 2.87 bits per heavy atom. The van der Waals surface area contributed by atoms with Crippen LogP contribution in [0.5, 0.6) is 0 Å². The summed E-state index contributed by atoms with van der Waals surface area (Å²) in [5.41, 5.74) is 0. The summed E-state index contributed by atoms with van der Waals surface area (Å²) in [7, 11) is 0. The molecule has 0 bridgehead atoms. The second-order valence-electron chi connectivity index (χ2n) is 8.03. The van der Waals surface area contributed by atoms with Crippen LogP contribution in [0.2, 0.25) is 0 Å². The number of hydrogen-bond acceptors (Lipinski definition) is 6. The molecule has 1 amide bonds. The minimum absolute atomic E-state index is 0.107. The average molecular weight is 437 g/mol. The molecule has 2 fully saturated rings. The van der Waals surface area contributed by atoms with Crippen LogP contribution in [-0.2, 0) is 20.6 Å². The van der Waals surface area contributed by atoms with Crippen molar-refractivity contribution in [2.45, 2.75) is 57.7 Å². The second-order valence-corrected chi connectivity index (χ2v) is 8.03. The lowest BCUT2D eigenvalue weighted by Crippen LogP contribution is -2.52. The largest absolute Gasteiger partial charge is 0.469 e. The van der Waals surface area contributed by atoms with E-state index in [4.69, 9.17) is 23.6 Å². The van der Waals surface area contributed by atoms with Gasteiger partial charge in [-0.25, -0.2) is 4.79 Å². The number of carbonyl (C=O) groups excluding carboxylic acids is 1.